The minimum Gasteiger partial charge on any atom is -0.478 e. The van der Waals surface area contributed by atoms with E-state index in [1.54, 1.807) is 6.07 Å². The van der Waals surface area contributed by atoms with Crippen molar-refractivity contribution in [3.05, 3.63) is 28.8 Å². The van der Waals surface area contributed by atoms with Gasteiger partial charge in [-0.25, -0.2) is 4.79 Å². The molecule has 108 valence electrons. The van der Waals surface area contributed by atoms with Crippen LogP contribution in [0.15, 0.2) is 18.2 Å². The van der Waals surface area contributed by atoms with Crippen molar-refractivity contribution in [1.82, 2.24) is 0 Å². The summed E-state index contributed by atoms with van der Waals surface area (Å²) in [5, 5.41) is 11.9. The van der Waals surface area contributed by atoms with Gasteiger partial charge in [-0.05, 0) is 36.5 Å². The number of hydrogen-bond acceptors (Lipinski definition) is 2. The highest BCUT2D eigenvalue weighted by atomic mass is 35.5. The fourth-order valence-corrected chi connectivity index (χ4v) is 3.07. The summed E-state index contributed by atoms with van der Waals surface area (Å²) in [6, 6.07) is 4.44. The van der Waals surface area contributed by atoms with E-state index in [0.29, 0.717) is 5.69 Å². The van der Waals surface area contributed by atoms with Crippen LogP contribution in [0.4, 0.5) is 5.69 Å². The number of rotatable bonds is 3. The Kier molecular flexibility index (Phi) is 4.04. The van der Waals surface area contributed by atoms with Gasteiger partial charge in [-0.15, -0.1) is 0 Å². The number of carboxylic acids is 1. The fraction of sp³-hybridized carbons (Fsp3) is 0.467. The maximum absolute atomic E-state index is 12.3. The first-order valence-electron chi connectivity index (χ1n) is 6.65. The fourth-order valence-electron chi connectivity index (χ4n) is 2.81. The van der Waals surface area contributed by atoms with Gasteiger partial charge in [0.15, 0.2) is 0 Å². The topological polar surface area (TPSA) is 66.4 Å². The second kappa shape index (κ2) is 5.44. The molecule has 1 atom stereocenters. The lowest BCUT2D eigenvalue weighted by Gasteiger charge is -2.25. The van der Waals surface area contributed by atoms with Crippen LogP contribution in [0.2, 0.25) is 5.02 Å². The van der Waals surface area contributed by atoms with Crippen LogP contribution in [0.25, 0.3) is 0 Å². The Morgan fingerprint density at radius 3 is 2.60 bits per heavy atom. The van der Waals surface area contributed by atoms with Crippen molar-refractivity contribution in [2.45, 2.75) is 33.1 Å². The first-order valence-corrected chi connectivity index (χ1v) is 7.03. The summed E-state index contributed by atoms with van der Waals surface area (Å²) in [7, 11) is 0. The molecule has 1 fully saturated rings. The lowest BCUT2D eigenvalue weighted by Crippen LogP contribution is -2.30. The predicted molar refractivity (Wildman–Crippen MR) is 78.2 cm³/mol. The molecule has 1 aromatic rings. The van der Waals surface area contributed by atoms with Crippen LogP contribution < -0.4 is 5.32 Å². The molecule has 0 radical (unpaired) electrons. The zero-order valence-electron chi connectivity index (χ0n) is 11.6. The molecule has 0 bridgehead atoms. The first-order chi connectivity index (χ1) is 9.31. The Labute approximate surface area is 123 Å². The molecular weight excluding hydrogens is 278 g/mol. The van der Waals surface area contributed by atoms with Crippen LogP contribution in [-0.4, -0.2) is 17.0 Å². The lowest BCUT2D eigenvalue weighted by molar-refractivity contribution is -0.122. The van der Waals surface area contributed by atoms with E-state index in [4.69, 9.17) is 16.7 Å². The number of aromatic carboxylic acids is 1. The van der Waals surface area contributed by atoms with Gasteiger partial charge in [0.05, 0.1) is 10.6 Å². The zero-order chi connectivity index (χ0) is 14.9. The zero-order valence-corrected chi connectivity index (χ0v) is 12.3. The number of carbonyl (C=O) groups is 2. The van der Waals surface area contributed by atoms with Crippen molar-refractivity contribution in [3.8, 4) is 0 Å². The Hall–Kier alpha value is -1.55. The van der Waals surface area contributed by atoms with E-state index in [0.717, 1.165) is 19.3 Å². The molecule has 1 aliphatic carbocycles. The highest BCUT2D eigenvalue weighted by Gasteiger charge is 2.39. The van der Waals surface area contributed by atoms with Crippen LogP contribution >= 0.6 is 11.6 Å². The van der Waals surface area contributed by atoms with Crippen LogP contribution in [0, 0.1) is 11.3 Å². The molecule has 0 saturated heterocycles. The average Bonchev–Trinajstić information content (AvgIpc) is 2.68. The molecule has 0 aliphatic heterocycles. The largest absolute Gasteiger partial charge is 0.478 e. The molecule has 1 amide bonds. The molecule has 5 heteroatoms. The molecule has 4 nitrogen and oxygen atoms in total. The molecule has 0 aromatic heterocycles. The Balaban J connectivity index is 2.12. The molecule has 2 N–H and O–H groups in total. The second-order valence-corrected chi connectivity index (χ2v) is 6.33. The summed E-state index contributed by atoms with van der Waals surface area (Å²) in [5.74, 6) is -1.11. The van der Waals surface area contributed by atoms with E-state index in [1.807, 2.05) is 0 Å². The highest BCUT2D eigenvalue weighted by molar-refractivity contribution is 6.33. The van der Waals surface area contributed by atoms with Gasteiger partial charge in [-0.1, -0.05) is 31.9 Å². The Bertz CT molecular complexity index is 554. The SMILES string of the molecule is CC1(C)CCCC1C(=O)Nc1ccc(C(=O)O)c(Cl)c1. The van der Waals surface area contributed by atoms with Gasteiger partial charge in [-0.2, -0.15) is 0 Å². The van der Waals surface area contributed by atoms with Crippen molar-refractivity contribution in [2.75, 3.05) is 5.32 Å². The number of anilines is 1. The molecule has 1 aromatic carbocycles. The molecule has 0 heterocycles. The normalized spacial score (nSPS) is 20.6. The molecule has 1 aliphatic rings. The highest BCUT2D eigenvalue weighted by Crippen LogP contribution is 2.43. The van der Waals surface area contributed by atoms with Crippen molar-refractivity contribution >= 4 is 29.2 Å². The minimum absolute atomic E-state index is 0.00881. The number of carbonyl (C=O) groups excluding carboxylic acids is 1. The van der Waals surface area contributed by atoms with E-state index >= 15 is 0 Å². The van der Waals surface area contributed by atoms with Crippen LogP contribution in [-0.2, 0) is 4.79 Å². The van der Waals surface area contributed by atoms with E-state index in [1.165, 1.54) is 12.1 Å². The number of benzene rings is 1. The van der Waals surface area contributed by atoms with Crippen LogP contribution in [0.3, 0.4) is 0 Å². The maximum Gasteiger partial charge on any atom is 0.337 e. The standard InChI is InChI=1S/C15H18ClNO3/c1-15(2)7-3-4-11(15)13(18)17-9-5-6-10(14(19)20)12(16)8-9/h5-6,8,11H,3-4,7H2,1-2H3,(H,17,18)(H,19,20). The number of halogens is 1. The van der Waals surface area contributed by atoms with Gasteiger partial charge in [-0.3, -0.25) is 4.79 Å². The monoisotopic (exact) mass is 295 g/mol. The maximum atomic E-state index is 12.3. The number of nitrogens with one attached hydrogen (secondary N) is 1. The van der Waals surface area contributed by atoms with E-state index in [-0.39, 0.29) is 27.8 Å². The lowest BCUT2D eigenvalue weighted by atomic mass is 9.81. The summed E-state index contributed by atoms with van der Waals surface area (Å²) in [6.45, 7) is 4.20. The number of hydrogen-bond donors (Lipinski definition) is 2. The van der Waals surface area contributed by atoms with Gasteiger partial charge in [0.2, 0.25) is 5.91 Å². The average molecular weight is 296 g/mol. The molecule has 2 rings (SSSR count). The predicted octanol–water partition coefficient (Wildman–Crippen LogP) is 3.80. The van der Waals surface area contributed by atoms with Crippen LogP contribution in [0.1, 0.15) is 43.5 Å². The molecular formula is C15H18ClNO3. The third-order valence-electron chi connectivity index (χ3n) is 4.04. The Morgan fingerprint density at radius 2 is 2.10 bits per heavy atom. The molecule has 20 heavy (non-hydrogen) atoms. The van der Waals surface area contributed by atoms with Crippen molar-refractivity contribution in [3.63, 3.8) is 0 Å². The van der Waals surface area contributed by atoms with E-state index < -0.39 is 5.97 Å². The summed E-state index contributed by atoms with van der Waals surface area (Å²) in [6.07, 6.45) is 2.99. The summed E-state index contributed by atoms with van der Waals surface area (Å²) >= 11 is 5.89. The van der Waals surface area contributed by atoms with Gasteiger partial charge in [0, 0.05) is 11.6 Å². The molecule has 1 saturated carbocycles. The van der Waals surface area contributed by atoms with Crippen LogP contribution in [0.5, 0.6) is 0 Å². The summed E-state index contributed by atoms with van der Waals surface area (Å²) < 4.78 is 0. The Morgan fingerprint density at radius 1 is 1.40 bits per heavy atom. The third-order valence-corrected chi connectivity index (χ3v) is 4.35. The smallest absolute Gasteiger partial charge is 0.337 e. The quantitative estimate of drug-likeness (QED) is 0.891. The van der Waals surface area contributed by atoms with E-state index in [2.05, 4.69) is 19.2 Å². The van der Waals surface area contributed by atoms with Gasteiger partial charge in [0.1, 0.15) is 0 Å². The number of carboxylic acid groups (broad SMARTS) is 1. The van der Waals surface area contributed by atoms with Crippen molar-refractivity contribution in [2.24, 2.45) is 11.3 Å². The second-order valence-electron chi connectivity index (χ2n) is 5.92. The third kappa shape index (κ3) is 2.96. The van der Waals surface area contributed by atoms with E-state index in [9.17, 15) is 9.59 Å². The van der Waals surface area contributed by atoms with Crippen molar-refractivity contribution < 1.29 is 14.7 Å². The van der Waals surface area contributed by atoms with Crippen molar-refractivity contribution in [1.29, 1.82) is 0 Å². The molecule has 1 unspecified atom stereocenters. The number of amides is 1. The molecule has 0 spiro atoms. The minimum atomic E-state index is -1.08. The summed E-state index contributed by atoms with van der Waals surface area (Å²) in [5.41, 5.74) is 0.577. The first kappa shape index (κ1) is 14.9. The van der Waals surface area contributed by atoms with Gasteiger partial charge in [0.25, 0.3) is 0 Å². The van der Waals surface area contributed by atoms with Gasteiger partial charge >= 0.3 is 5.97 Å². The van der Waals surface area contributed by atoms with Gasteiger partial charge < -0.3 is 10.4 Å². The summed E-state index contributed by atoms with van der Waals surface area (Å²) in [4.78, 5) is 23.2.